The van der Waals surface area contributed by atoms with Gasteiger partial charge in [0.05, 0.1) is 0 Å². The minimum atomic E-state index is -0.760. The van der Waals surface area contributed by atoms with Gasteiger partial charge in [-0.25, -0.2) is 0 Å². The molecule has 0 radical (unpaired) electrons. The first-order valence-corrected chi connectivity index (χ1v) is 26.9. The molecule has 0 aliphatic rings. The van der Waals surface area contributed by atoms with Gasteiger partial charge in [0.1, 0.15) is 13.2 Å². The molecular weight excluding hydrogens is 745 g/mol. The van der Waals surface area contributed by atoms with Crippen molar-refractivity contribution in [1.29, 1.82) is 0 Å². The summed E-state index contributed by atoms with van der Waals surface area (Å²) < 4.78 is 16.8. The quantitative estimate of drug-likeness (QED) is 0.0345. The molecule has 0 heterocycles. The summed E-state index contributed by atoms with van der Waals surface area (Å²) >= 11 is 0. The Morgan fingerprint density at radius 3 is 0.817 bits per heavy atom. The van der Waals surface area contributed by atoms with Gasteiger partial charge in [-0.2, -0.15) is 0 Å². The van der Waals surface area contributed by atoms with E-state index in [4.69, 9.17) is 14.2 Å². The summed E-state index contributed by atoms with van der Waals surface area (Å²) in [6.45, 7) is 9.03. The van der Waals surface area contributed by atoms with Crippen molar-refractivity contribution in [1.82, 2.24) is 0 Å². The molecule has 0 saturated heterocycles. The lowest BCUT2D eigenvalue weighted by molar-refractivity contribution is -0.167. The monoisotopic (exact) mass is 849 g/mol. The largest absolute Gasteiger partial charge is 0.462 e. The predicted molar refractivity (Wildman–Crippen MR) is 257 cm³/mol. The van der Waals surface area contributed by atoms with Gasteiger partial charge in [0.25, 0.3) is 0 Å². The van der Waals surface area contributed by atoms with Gasteiger partial charge in [-0.1, -0.05) is 265 Å². The lowest BCUT2D eigenvalue weighted by atomic mass is 10.0. The maximum absolute atomic E-state index is 12.7. The number of hydrogen-bond donors (Lipinski definition) is 0. The Morgan fingerprint density at radius 2 is 0.550 bits per heavy atom. The average molecular weight is 849 g/mol. The molecule has 6 heteroatoms. The maximum Gasteiger partial charge on any atom is 0.306 e. The summed E-state index contributed by atoms with van der Waals surface area (Å²) in [6, 6.07) is 0. The van der Waals surface area contributed by atoms with E-state index in [1.807, 2.05) is 0 Å². The fourth-order valence-corrected chi connectivity index (χ4v) is 8.22. The van der Waals surface area contributed by atoms with Crippen LogP contribution in [0, 0.1) is 5.92 Å². The van der Waals surface area contributed by atoms with Gasteiger partial charge in [-0.15, -0.1) is 0 Å². The average Bonchev–Trinajstić information content (AvgIpc) is 3.23. The molecule has 0 aromatic heterocycles. The lowest BCUT2D eigenvalue weighted by Crippen LogP contribution is -2.30. The van der Waals surface area contributed by atoms with Crippen LogP contribution in [0.4, 0.5) is 0 Å². The molecular formula is C54H104O6. The van der Waals surface area contributed by atoms with Crippen molar-refractivity contribution in [2.45, 2.75) is 310 Å². The second kappa shape index (κ2) is 48.4. The standard InChI is InChI=1S/C54H104O6/c1-5-7-9-11-13-15-16-17-18-19-20-23-26-30-33-37-41-45-52(55)58-48-51(60-54(57)47-43-39-35-28-14-12-10-8-6-2)49-59-53(56)46-42-38-34-31-27-24-21-22-25-29-32-36-40-44-50(3)4/h50-51H,5-49H2,1-4H3/t51-/m1/s1. The molecule has 60 heavy (non-hydrogen) atoms. The third-order valence-corrected chi connectivity index (χ3v) is 12.3. The highest BCUT2D eigenvalue weighted by Crippen LogP contribution is 2.17. The molecule has 0 saturated carbocycles. The number of esters is 3. The summed E-state index contributed by atoms with van der Waals surface area (Å²) in [5, 5.41) is 0. The van der Waals surface area contributed by atoms with E-state index in [1.165, 1.54) is 199 Å². The van der Waals surface area contributed by atoms with Crippen molar-refractivity contribution in [3.8, 4) is 0 Å². The molecule has 0 aliphatic carbocycles. The molecule has 0 aliphatic heterocycles. The molecule has 0 spiro atoms. The predicted octanol–water partition coefficient (Wildman–Crippen LogP) is 17.5. The molecule has 0 N–H and O–H groups in total. The minimum absolute atomic E-state index is 0.0626. The highest BCUT2D eigenvalue weighted by Gasteiger charge is 2.19. The van der Waals surface area contributed by atoms with Gasteiger partial charge in [0.2, 0.25) is 0 Å². The van der Waals surface area contributed by atoms with Crippen LogP contribution in [0.2, 0.25) is 0 Å². The van der Waals surface area contributed by atoms with Gasteiger partial charge in [0, 0.05) is 19.3 Å². The first-order valence-electron chi connectivity index (χ1n) is 26.9. The lowest BCUT2D eigenvalue weighted by Gasteiger charge is -2.18. The van der Waals surface area contributed by atoms with Crippen molar-refractivity contribution >= 4 is 17.9 Å². The van der Waals surface area contributed by atoms with Crippen LogP contribution in [0.25, 0.3) is 0 Å². The molecule has 6 nitrogen and oxygen atoms in total. The van der Waals surface area contributed by atoms with Gasteiger partial charge < -0.3 is 14.2 Å². The molecule has 0 rings (SSSR count). The first kappa shape index (κ1) is 58.4. The smallest absolute Gasteiger partial charge is 0.306 e. The highest BCUT2D eigenvalue weighted by molar-refractivity contribution is 5.71. The van der Waals surface area contributed by atoms with Crippen LogP contribution in [-0.2, 0) is 28.6 Å². The maximum atomic E-state index is 12.7. The molecule has 0 fully saturated rings. The van der Waals surface area contributed by atoms with Crippen molar-refractivity contribution in [3.05, 3.63) is 0 Å². The molecule has 0 aromatic rings. The molecule has 0 bridgehead atoms. The number of unbranched alkanes of at least 4 members (excludes halogenated alkanes) is 36. The van der Waals surface area contributed by atoms with Crippen LogP contribution in [0.5, 0.6) is 0 Å². The fourth-order valence-electron chi connectivity index (χ4n) is 8.22. The van der Waals surface area contributed by atoms with E-state index in [9.17, 15) is 14.4 Å². The van der Waals surface area contributed by atoms with Crippen LogP contribution in [0.15, 0.2) is 0 Å². The van der Waals surface area contributed by atoms with Crippen LogP contribution >= 0.6 is 0 Å². The normalized spacial score (nSPS) is 11.9. The van der Waals surface area contributed by atoms with E-state index in [1.54, 1.807) is 0 Å². The Labute approximate surface area is 374 Å². The summed E-state index contributed by atoms with van der Waals surface area (Å²) in [6.07, 6.45) is 50.9. The Morgan fingerprint density at radius 1 is 0.317 bits per heavy atom. The minimum Gasteiger partial charge on any atom is -0.462 e. The van der Waals surface area contributed by atoms with Crippen molar-refractivity contribution in [2.75, 3.05) is 13.2 Å². The number of carbonyl (C=O) groups excluding carboxylic acids is 3. The van der Waals surface area contributed by atoms with Crippen molar-refractivity contribution in [2.24, 2.45) is 5.92 Å². The Kier molecular flexibility index (Phi) is 47.2. The van der Waals surface area contributed by atoms with Crippen LogP contribution in [0.1, 0.15) is 304 Å². The van der Waals surface area contributed by atoms with Gasteiger partial charge in [0.15, 0.2) is 6.10 Å². The zero-order valence-corrected chi connectivity index (χ0v) is 40.9. The molecule has 0 unspecified atom stereocenters. The van der Waals surface area contributed by atoms with Crippen LogP contribution in [0.3, 0.4) is 0 Å². The highest BCUT2D eigenvalue weighted by atomic mass is 16.6. The summed E-state index contributed by atoms with van der Waals surface area (Å²) in [5.41, 5.74) is 0. The molecule has 356 valence electrons. The van der Waals surface area contributed by atoms with E-state index in [2.05, 4.69) is 27.7 Å². The topological polar surface area (TPSA) is 78.9 Å². The van der Waals surface area contributed by atoms with E-state index in [0.717, 1.165) is 63.7 Å². The van der Waals surface area contributed by atoms with E-state index >= 15 is 0 Å². The van der Waals surface area contributed by atoms with Crippen LogP contribution < -0.4 is 0 Å². The zero-order chi connectivity index (χ0) is 43.8. The molecule has 0 amide bonds. The van der Waals surface area contributed by atoms with E-state index in [0.29, 0.717) is 19.3 Å². The SMILES string of the molecule is CCCCCCCCCCCCCCCCCCCC(=O)OC[C@H](COC(=O)CCCCCCCCCCCCCCCC(C)C)OC(=O)CCCCCCCCCCC. The van der Waals surface area contributed by atoms with Crippen molar-refractivity contribution in [3.63, 3.8) is 0 Å². The Hall–Kier alpha value is -1.59. The second-order valence-corrected chi connectivity index (χ2v) is 19.0. The number of ether oxygens (including phenoxy) is 3. The van der Waals surface area contributed by atoms with Crippen molar-refractivity contribution < 1.29 is 28.6 Å². The summed E-state index contributed by atoms with van der Waals surface area (Å²) in [4.78, 5) is 37.9. The number of hydrogen-bond acceptors (Lipinski definition) is 6. The first-order chi connectivity index (χ1) is 29.4. The van der Waals surface area contributed by atoms with E-state index in [-0.39, 0.29) is 31.1 Å². The molecule has 1 atom stereocenters. The van der Waals surface area contributed by atoms with Crippen LogP contribution in [-0.4, -0.2) is 37.2 Å². The second-order valence-electron chi connectivity index (χ2n) is 19.0. The third-order valence-electron chi connectivity index (χ3n) is 12.3. The van der Waals surface area contributed by atoms with Gasteiger partial charge in [-0.05, 0) is 25.2 Å². The summed E-state index contributed by atoms with van der Waals surface area (Å²) in [7, 11) is 0. The van der Waals surface area contributed by atoms with E-state index < -0.39 is 6.10 Å². The van der Waals surface area contributed by atoms with Gasteiger partial charge in [-0.3, -0.25) is 14.4 Å². The number of rotatable bonds is 49. The third kappa shape index (κ3) is 47.5. The Bertz CT molecular complexity index is 903. The fraction of sp³-hybridized carbons (Fsp3) is 0.944. The van der Waals surface area contributed by atoms with Gasteiger partial charge >= 0.3 is 17.9 Å². The zero-order valence-electron chi connectivity index (χ0n) is 40.9. The Balaban J connectivity index is 4.21. The number of carbonyl (C=O) groups is 3. The summed E-state index contributed by atoms with van der Waals surface area (Å²) in [5.74, 6) is -0.00457. The molecule has 0 aromatic carbocycles.